The highest BCUT2D eigenvalue weighted by Crippen LogP contribution is 2.32. The third kappa shape index (κ3) is 3.26. The number of fused-ring (bicyclic) bond motifs is 1. The molecule has 3 rings (SSSR count). The number of aryl methyl sites for hydroxylation is 1. The molecular weight excluding hydrogens is 228 g/mol. The van der Waals surface area contributed by atoms with Gasteiger partial charge in [-0.3, -0.25) is 0 Å². The number of allylic oxidation sites excluding steroid dienone is 5. The molecule has 100 valence electrons. The molecule has 0 radical (unpaired) electrons. The van der Waals surface area contributed by atoms with Gasteiger partial charge in [-0.25, -0.2) is 0 Å². The summed E-state index contributed by atoms with van der Waals surface area (Å²) in [5.74, 6) is 0. The van der Waals surface area contributed by atoms with Gasteiger partial charge in [0.05, 0.1) is 0 Å². The Morgan fingerprint density at radius 3 is 2.26 bits per heavy atom. The second kappa shape index (κ2) is 6.56. The molecule has 0 heterocycles. The quantitative estimate of drug-likeness (QED) is 0.600. The molecule has 0 aliphatic heterocycles. The Balaban J connectivity index is 0.000000637. The maximum Gasteiger partial charge on any atom is -0.0222 e. The van der Waals surface area contributed by atoms with Crippen molar-refractivity contribution in [1.82, 2.24) is 0 Å². The van der Waals surface area contributed by atoms with Gasteiger partial charge in [0, 0.05) is 0 Å². The van der Waals surface area contributed by atoms with Crippen LogP contribution in [0.2, 0.25) is 0 Å². The third-order valence-corrected chi connectivity index (χ3v) is 3.82. The Bertz CT molecular complexity index is 527. The van der Waals surface area contributed by atoms with Gasteiger partial charge >= 0.3 is 0 Å². The summed E-state index contributed by atoms with van der Waals surface area (Å²) in [6.07, 6.45) is 11.8. The van der Waals surface area contributed by atoms with Crippen molar-refractivity contribution in [2.24, 2.45) is 0 Å². The first-order valence-corrected chi connectivity index (χ1v) is 7.48. The van der Waals surface area contributed by atoms with Crippen LogP contribution in [-0.4, -0.2) is 0 Å². The largest absolute Gasteiger partial charge is 0.0730 e. The summed E-state index contributed by atoms with van der Waals surface area (Å²) in [5.41, 5.74) is 7.52. The molecule has 0 amide bonds. The summed E-state index contributed by atoms with van der Waals surface area (Å²) in [5, 5.41) is 0. The van der Waals surface area contributed by atoms with E-state index in [-0.39, 0.29) is 0 Å². The van der Waals surface area contributed by atoms with E-state index in [9.17, 15) is 0 Å². The minimum atomic E-state index is 1.20. The molecule has 0 spiro atoms. The number of benzene rings is 1. The van der Waals surface area contributed by atoms with Crippen LogP contribution in [0.4, 0.5) is 0 Å². The van der Waals surface area contributed by atoms with Crippen LogP contribution >= 0.6 is 0 Å². The molecule has 0 heteroatoms. The Morgan fingerprint density at radius 2 is 1.53 bits per heavy atom. The SMILES string of the molecule is CC.CC1=CC=C(C2=Cc3ccccc3CC2)CC1. The molecule has 0 unspecified atom stereocenters. The average molecular weight is 252 g/mol. The molecule has 0 fully saturated rings. The van der Waals surface area contributed by atoms with Gasteiger partial charge in [0.15, 0.2) is 0 Å². The molecule has 0 saturated heterocycles. The lowest BCUT2D eigenvalue weighted by molar-refractivity contribution is 0.861. The van der Waals surface area contributed by atoms with Crippen LogP contribution < -0.4 is 0 Å². The minimum absolute atomic E-state index is 1.20. The van der Waals surface area contributed by atoms with Crippen molar-refractivity contribution in [3.63, 3.8) is 0 Å². The molecule has 0 bridgehead atoms. The fourth-order valence-corrected chi connectivity index (χ4v) is 2.69. The van der Waals surface area contributed by atoms with Gasteiger partial charge < -0.3 is 0 Å². The van der Waals surface area contributed by atoms with Crippen molar-refractivity contribution in [2.75, 3.05) is 0 Å². The Labute approximate surface area is 117 Å². The smallest absolute Gasteiger partial charge is 0.0222 e. The molecule has 0 N–H and O–H groups in total. The van der Waals surface area contributed by atoms with Crippen LogP contribution in [0.1, 0.15) is 51.2 Å². The lowest BCUT2D eigenvalue weighted by Crippen LogP contribution is -2.03. The van der Waals surface area contributed by atoms with Crippen molar-refractivity contribution in [3.05, 3.63) is 64.3 Å². The average Bonchev–Trinajstić information content (AvgIpc) is 2.49. The molecular formula is C19H24. The van der Waals surface area contributed by atoms with Crippen molar-refractivity contribution in [3.8, 4) is 0 Å². The van der Waals surface area contributed by atoms with Crippen LogP contribution in [0.5, 0.6) is 0 Å². The number of rotatable bonds is 1. The summed E-state index contributed by atoms with van der Waals surface area (Å²) in [4.78, 5) is 0. The first kappa shape index (κ1) is 13.9. The van der Waals surface area contributed by atoms with Crippen LogP contribution in [-0.2, 0) is 6.42 Å². The second-order valence-electron chi connectivity index (χ2n) is 5.07. The van der Waals surface area contributed by atoms with E-state index < -0.39 is 0 Å². The summed E-state index contributed by atoms with van der Waals surface area (Å²) in [7, 11) is 0. The van der Waals surface area contributed by atoms with Gasteiger partial charge in [-0.2, -0.15) is 0 Å². The molecule has 1 aromatic rings. The van der Waals surface area contributed by atoms with E-state index in [1.54, 1.807) is 11.1 Å². The molecule has 0 aromatic heterocycles. The zero-order chi connectivity index (χ0) is 13.7. The minimum Gasteiger partial charge on any atom is -0.0730 e. The van der Waals surface area contributed by atoms with E-state index in [2.05, 4.69) is 49.4 Å². The van der Waals surface area contributed by atoms with E-state index in [1.807, 2.05) is 13.8 Å². The predicted octanol–water partition coefficient (Wildman–Crippen LogP) is 5.71. The first-order valence-electron chi connectivity index (χ1n) is 7.48. The van der Waals surface area contributed by atoms with Crippen molar-refractivity contribution >= 4 is 6.08 Å². The third-order valence-electron chi connectivity index (χ3n) is 3.82. The van der Waals surface area contributed by atoms with Crippen molar-refractivity contribution in [2.45, 2.75) is 46.5 Å². The molecule has 2 aliphatic rings. The van der Waals surface area contributed by atoms with E-state index in [0.717, 1.165) is 0 Å². The first-order chi connectivity index (χ1) is 9.33. The van der Waals surface area contributed by atoms with Gasteiger partial charge in [-0.1, -0.05) is 61.9 Å². The molecule has 0 atom stereocenters. The summed E-state index contributed by atoms with van der Waals surface area (Å²) in [6.45, 7) is 6.22. The van der Waals surface area contributed by atoms with Crippen LogP contribution in [0, 0.1) is 0 Å². The van der Waals surface area contributed by atoms with Gasteiger partial charge in [0.25, 0.3) is 0 Å². The fourth-order valence-electron chi connectivity index (χ4n) is 2.69. The second-order valence-corrected chi connectivity index (χ2v) is 5.07. The van der Waals surface area contributed by atoms with Crippen molar-refractivity contribution in [1.29, 1.82) is 0 Å². The van der Waals surface area contributed by atoms with Crippen LogP contribution in [0.25, 0.3) is 6.08 Å². The van der Waals surface area contributed by atoms with Gasteiger partial charge in [0.1, 0.15) is 0 Å². The predicted molar refractivity (Wildman–Crippen MR) is 85.2 cm³/mol. The van der Waals surface area contributed by atoms with E-state index >= 15 is 0 Å². The normalized spacial score (nSPS) is 17.3. The maximum absolute atomic E-state index is 2.39. The van der Waals surface area contributed by atoms with E-state index in [4.69, 9.17) is 0 Å². The molecule has 19 heavy (non-hydrogen) atoms. The maximum atomic E-state index is 2.39. The number of hydrogen-bond donors (Lipinski definition) is 0. The highest BCUT2D eigenvalue weighted by molar-refractivity contribution is 5.64. The molecule has 0 saturated carbocycles. The monoisotopic (exact) mass is 252 g/mol. The standard InChI is InChI=1S/C17H18.C2H6/c1-13-6-8-15(9-7-13)17-11-10-14-4-2-3-5-16(14)12-17;1-2/h2-6,8,12H,7,9-11H2,1H3;1-2H3. The molecule has 2 aliphatic carbocycles. The fraction of sp³-hybridized carbons (Fsp3) is 0.368. The number of hydrogen-bond acceptors (Lipinski definition) is 0. The highest BCUT2D eigenvalue weighted by atomic mass is 14.2. The lowest BCUT2D eigenvalue weighted by atomic mass is 9.85. The zero-order valence-corrected chi connectivity index (χ0v) is 12.4. The zero-order valence-electron chi connectivity index (χ0n) is 12.4. The summed E-state index contributed by atoms with van der Waals surface area (Å²) < 4.78 is 0. The lowest BCUT2D eigenvalue weighted by Gasteiger charge is -2.20. The van der Waals surface area contributed by atoms with Gasteiger partial charge in [-0.05, 0) is 54.9 Å². The molecule has 1 aromatic carbocycles. The Kier molecular flexibility index (Phi) is 4.79. The Morgan fingerprint density at radius 1 is 0.789 bits per heavy atom. The van der Waals surface area contributed by atoms with E-state index in [1.165, 1.54) is 42.4 Å². The summed E-state index contributed by atoms with van der Waals surface area (Å²) >= 11 is 0. The van der Waals surface area contributed by atoms with Gasteiger partial charge in [-0.15, -0.1) is 0 Å². The van der Waals surface area contributed by atoms with E-state index in [0.29, 0.717) is 0 Å². The highest BCUT2D eigenvalue weighted by Gasteiger charge is 2.14. The van der Waals surface area contributed by atoms with Crippen LogP contribution in [0.15, 0.2) is 53.1 Å². The topological polar surface area (TPSA) is 0 Å². The molecule has 0 nitrogen and oxygen atoms in total. The Hall–Kier alpha value is -1.56. The van der Waals surface area contributed by atoms with Crippen molar-refractivity contribution < 1.29 is 0 Å². The van der Waals surface area contributed by atoms with Gasteiger partial charge in [0.2, 0.25) is 0 Å². The summed E-state index contributed by atoms with van der Waals surface area (Å²) in [6, 6.07) is 8.77. The van der Waals surface area contributed by atoms with Crippen LogP contribution in [0.3, 0.4) is 0 Å².